The van der Waals surface area contributed by atoms with E-state index < -0.39 is 0 Å². The molecular weight excluding hydrogens is 520 g/mol. The molecule has 0 saturated carbocycles. The molecule has 0 atom stereocenters. The Hall–Kier alpha value is -5.62. The van der Waals surface area contributed by atoms with Crippen molar-refractivity contribution in [1.29, 1.82) is 0 Å². The molecular formula is C36H24N4O2. The van der Waals surface area contributed by atoms with E-state index in [0.717, 1.165) is 38.5 Å². The van der Waals surface area contributed by atoms with Gasteiger partial charge in [0.15, 0.2) is 22.9 Å². The van der Waals surface area contributed by atoms with Crippen LogP contribution in [0.1, 0.15) is 32.1 Å². The predicted molar refractivity (Wildman–Crippen MR) is 166 cm³/mol. The maximum absolute atomic E-state index is 13.6. The van der Waals surface area contributed by atoms with Gasteiger partial charge in [-0.05, 0) is 51.4 Å². The number of carbonyl (C=O) groups is 2. The zero-order valence-corrected chi connectivity index (χ0v) is 22.8. The summed E-state index contributed by atoms with van der Waals surface area (Å²) < 4.78 is 3.96. The first-order valence-corrected chi connectivity index (χ1v) is 13.8. The standard InChI is InChI=1S/C36H24N4O2/c1-39-34(24-10-3-2-4-11-24)38-36-35(39)37-31(40(36)21-22-15-16-23-9-5-6-12-25(23)17-22)20-30-32(41)28-18-26-13-7-8-14-27(26)19-29(28)33(30)42/h2-20H,21H2,1H3. The Kier molecular flexibility index (Phi) is 5.31. The van der Waals surface area contributed by atoms with Crippen molar-refractivity contribution in [2.45, 2.75) is 6.54 Å². The second-order valence-electron chi connectivity index (χ2n) is 10.7. The molecule has 6 heteroatoms. The molecule has 6 nitrogen and oxygen atoms in total. The highest BCUT2D eigenvalue weighted by molar-refractivity contribution is 6.42. The first kappa shape index (κ1) is 24.2. The molecule has 200 valence electrons. The van der Waals surface area contributed by atoms with Crippen molar-refractivity contribution in [3.8, 4) is 11.4 Å². The van der Waals surface area contributed by atoms with E-state index in [1.807, 2.05) is 95.0 Å². The normalized spacial score (nSPS) is 13.0. The minimum Gasteiger partial charge on any atom is -0.310 e. The third-order valence-electron chi connectivity index (χ3n) is 8.12. The van der Waals surface area contributed by atoms with Gasteiger partial charge in [0, 0.05) is 23.7 Å². The number of aryl methyl sites for hydroxylation is 1. The second-order valence-corrected chi connectivity index (χ2v) is 10.7. The molecule has 0 aliphatic heterocycles. The van der Waals surface area contributed by atoms with Gasteiger partial charge in [-0.2, -0.15) is 0 Å². The van der Waals surface area contributed by atoms with Crippen LogP contribution in [-0.4, -0.2) is 30.7 Å². The van der Waals surface area contributed by atoms with Crippen molar-refractivity contribution in [2.75, 3.05) is 0 Å². The molecule has 0 radical (unpaired) electrons. The van der Waals surface area contributed by atoms with Crippen molar-refractivity contribution in [3.63, 3.8) is 0 Å². The van der Waals surface area contributed by atoms with Crippen LogP contribution in [0.4, 0.5) is 0 Å². The van der Waals surface area contributed by atoms with E-state index >= 15 is 0 Å². The fourth-order valence-electron chi connectivity index (χ4n) is 5.96. The van der Waals surface area contributed by atoms with E-state index in [1.54, 1.807) is 6.08 Å². The zero-order chi connectivity index (χ0) is 28.4. The Morgan fingerprint density at radius 2 is 1.24 bits per heavy atom. The third kappa shape index (κ3) is 3.73. The van der Waals surface area contributed by atoms with E-state index in [0.29, 0.717) is 34.8 Å². The van der Waals surface area contributed by atoms with Gasteiger partial charge in [-0.25, -0.2) is 9.97 Å². The summed E-state index contributed by atoms with van der Waals surface area (Å²) in [5.41, 5.74) is 4.43. The van der Waals surface area contributed by atoms with Gasteiger partial charge in [-0.1, -0.05) is 91.0 Å². The van der Waals surface area contributed by atoms with Crippen molar-refractivity contribution >= 4 is 50.5 Å². The van der Waals surface area contributed by atoms with Gasteiger partial charge >= 0.3 is 0 Å². The zero-order valence-electron chi connectivity index (χ0n) is 22.8. The van der Waals surface area contributed by atoms with Crippen LogP contribution in [0.3, 0.4) is 0 Å². The molecule has 2 aromatic heterocycles. The first-order chi connectivity index (χ1) is 20.5. The quantitative estimate of drug-likeness (QED) is 0.173. The van der Waals surface area contributed by atoms with Gasteiger partial charge in [0.1, 0.15) is 11.6 Å². The Labute approximate surface area is 241 Å². The first-order valence-electron chi connectivity index (χ1n) is 13.8. The fourth-order valence-corrected chi connectivity index (χ4v) is 5.96. The molecule has 1 aliphatic rings. The SMILES string of the molecule is Cn1c(-c2ccccc2)nc2c1nc(C=C1C(=O)c3cc4ccccc4cc3C1=O)n2Cc1ccc2ccccc2c1. The van der Waals surface area contributed by atoms with Crippen molar-refractivity contribution < 1.29 is 9.59 Å². The Morgan fingerprint density at radius 1 is 0.643 bits per heavy atom. The summed E-state index contributed by atoms with van der Waals surface area (Å²) in [7, 11) is 1.94. The number of benzene rings is 5. The van der Waals surface area contributed by atoms with E-state index in [1.165, 1.54) is 0 Å². The number of fused-ring (bicyclic) bond motifs is 4. The molecule has 1 aliphatic carbocycles. The minimum atomic E-state index is -0.275. The Morgan fingerprint density at radius 3 is 1.90 bits per heavy atom. The average Bonchev–Trinajstić information content (AvgIpc) is 3.61. The van der Waals surface area contributed by atoms with Crippen molar-refractivity contribution in [3.05, 3.63) is 137 Å². The topological polar surface area (TPSA) is 69.8 Å². The summed E-state index contributed by atoms with van der Waals surface area (Å²) in [4.78, 5) is 37.1. The lowest BCUT2D eigenvalue weighted by atomic mass is 10.0. The number of hydrogen-bond acceptors (Lipinski definition) is 4. The van der Waals surface area contributed by atoms with Gasteiger partial charge in [0.25, 0.3) is 0 Å². The lowest BCUT2D eigenvalue weighted by molar-refractivity contribution is 0.0990. The molecule has 0 spiro atoms. The van der Waals surface area contributed by atoms with Crippen molar-refractivity contribution in [2.24, 2.45) is 7.05 Å². The van der Waals surface area contributed by atoms with E-state index in [4.69, 9.17) is 9.97 Å². The highest BCUT2D eigenvalue weighted by atomic mass is 16.2. The molecule has 0 saturated heterocycles. The molecule has 0 N–H and O–H groups in total. The van der Waals surface area contributed by atoms with Gasteiger partial charge in [0.05, 0.1) is 12.1 Å². The second kappa shape index (κ2) is 9.21. The Bertz CT molecular complexity index is 2210. The summed E-state index contributed by atoms with van der Waals surface area (Å²) in [5.74, 6) is 0.766. The summed E-state index contributed by atoms with van der Waals surface area (Å²) >= 11 is 0. The van der Waals surface area contributed by atoms with Gasteiger partial charge < -0.3 is 9.13 Å². The van der Waals surface area contributed by atoms with Crippen LogP contribution in [0.15, 0.2) is 115 Å². The number of rotatable bonds is 4. The predicted octanol–water partition coefficient (Wildman–Crippen LogP) is 7.25. The molecule has 7 aromatic rings. The number of ketones is 2. The molecule has 5 aromatic carbocycles. The van der Waals surface area contributed by atoms with Gasteiger partial charge in [0.2, 0.25) is 0 Å². The minimum absolute atomic E-state index is 0.124. The molecule has 42 heavy (non-hydrogen) atoms. The van der Waals surface area contributed by atoms with Gasteiger partial charge in [-0.3, -0.25) is 9.59 Å². The molecule has 0 bridgehead atoms. The summed E-state index contributed by atoms with van der Waals surface area (Å²) in [6.07, 6.45) is 1.64. The van der Waals surface area contributed by atoms with Crippen LogP contribution in [0.25, 0.3) is 50.3 Å². The molecule has 0 fully saturated rings. The lowest BCUT2D eigenvalue weighted by Crippen LogP contribution is -2.06. The van der Waals surface area contributed by atoms with E-state index in [9.17, 15) is 9.59 Å². The number of allylic oxidation sites excluding steroid dienone is 1. The summed E-state index contributed by atoms with van der Waals surface area (Å²) in [5, 5.41) is 4.16. The fraction of sp³-hybridized carbons (Fsp3) is 0.0556. The number of carbonyl (C=O) groups excluding carboxylic acids is 2. The highest BCUT2D eigenvalue weighted by Gasteiger charge is 2.34. The summed E-state index contributed by atoms with van der Waals surface area (Å²) in [6.45, 7) is 0.477. The maximum Gasteiger partial charge on any atom is 0.197 e. The smallest absolute Gasteiger partial charge is 0.197 e. The van der Waals surface area contributed by atoms with Crippen LogP contribution in [0.2, 0.25) is 0 Å². The molecule has 8 rings (SSSR count). The van der Waals surface area contributed by atoms with Crippen LogP contribution in [0.5, 0.6) is 0 Å². The number of nitrogens with zero attached hydrogens (tertiary/aromatic N) is 4. The van der Waals surface area contributed by atoms with Crippen LogP contribution < -0.4 is 0 Å². The third-order valence-corrected chi connectivity index (χ3v) is 8.12. The number of hydrogen-bond donors (Lipinski definition) is 0. The van der Waals surface area contributed by atoms with Crippen LogP contribution >= 0.6 is 0 Å². The largest absolute Gasteiger partial charge is 0.310 e. The van der Waals surface area contributed by atoms with E-state index in [2.05, 4.69) is 30.3 Å². The number of imidazole rings is 2. The highest BCUT2D eigenvalue weighted by Crippen LogP contribution is 2.33. The van der Waals surface area contributed by atoms with E-state index in [-0.39, 0.29) is 17.1 Å². The molecule has 2 heterocycles. The number of aromatic nitrogens is 4. The van der Waals surface area contributed by atoms with Crippen molar-refractivity contribution in [1.82, 2.24) is 19.1 Å². The average molecular weight is 545 g/mol. The van der Waals surface area contributed by atoms with Crippen LogP contribution in [-0.2, 0) is 13.6 Å². The summed E-state index contributed by atoms with van der Waals surface area (Å²) in [6, 6.07) is 36.0. The number of Topliss-reactive ketones (excluding diaryl/α,β-unsaturated/α-hetero) is 2. The van der Waals surface area contributed by atoms with Gasteiger partial charge in [-0.15, -0.1) is 0 Å². The molecule has 0 amide bonds. The molecule has 0 unspecified atom stereocenters. The maximum atomic E-state index is 13.6. The lowest BCUT2D eigenvalue weighted by Gasteiger charge is -2.08. The monoisotopic (exact) mass is 544 g/mol. The van der Waals surface area contributed by atoms with Crippen LogP contribution in [0, 0.1) is 0 Å². The Balaban J connectivity index is 1.29.